The Morgan fingerprint density at radius 3 is 2.67 bits per heavy atom. The first-order valence-electron chi connectivity index (χ1n) is 7.05. The van der Waals surface area contributed by atoms with Crippen molar-refractivity contribution in [3.8, 4) is 5.75 Å². The van der Waals surface area contributed by atoms with Gasteiger partial charge in [0.1, 0.15) is 11.4 Å². The number of aromatic hydroxyl groups is 1. The lowest BCUT2D eigenvalue weighted by Gasteiger charge is -2.18. The van der Waals surface area contributed by atoms with E-state index in [2.05, 4.69) is 0 Å². The molecule has 0 radical (unpaired) electrons. The van der Waals surface area contributed by atoms with Crippen molar-refractivity contribution in [2.24, 2.45) is 0 Å². The Kier molecular flexibility index (Phi) is 3.33. The minimum Gasteiger partial charge on any atom is -0.508 e. The van der Waals surface area contributed by atoms with Crippen molar-refractivity contribution in [1.29, 1.82) is 0 Å². The number of anilines is 1. The van der Waals surface area contributed by atoms with Crippen LogP contribution in [0, 0.1) is 0 Å². The third-order valence-electron chi connectivity index (χ3n) is 3.73. The molecule has 0 bridgehead atoms. The SMILES string of the molecule is CN(Cc1ccc(O)cc1)C(=O)c1cc(N)cn1C1CC1. The predicted octanol–water partition coefficient (Wildman–Crippen LogP) is 2.38. The summed E-state index contributed by atoms with van der Waals surface area (Å²) in [5.74, 6) is 0.190. The van der Waals surface area contributed by atoms with E-state index in [9.17, 15) is 9.90 Å². The summed E-state index contributed by atoms with van der Waals surface area (Å²) in [6.07, 6.45) is 4.06. The van der Waals surface area contributed by atoms with Crippen LogP contribution in [0.2, 0.25) is 0 Å². The highest BCUT2D eigenvalue weighted by atomic mass is 16.3. The van der Waals surface area contributed by atoms with Gasteiger partial charge < -0.3 is 20.3 Å². The second kappa shape index (κ2) is 5.16. The highest BCUT2D eigenvalue weighted by Gasteiger charge is 2.28. The minimum absolute atomic E-state index is 0.0355. The Morgan fingerprint density at radius 2 is 2.05 bits per heavy atom. The van der Waals surface area contributed by atoms with Gasteiger partial charge in [0, 0.05) is 25.8 Å². The number of phenols is 1. The first-order valence-corrected chi connectivity index (χ1v) is 7.05. The number of hydrogen-bond acceptors (Lipinski definition) is 3. The second-order valence-electron chi connectivity index (χ2n) is 5.62. The quantitative estimate of drug-likeness (QED) is 0.906. The Hall–Kier alpha value is -2.43. The number of rotatable bonds is 4. The summed E-state index contributed by atoms with van der Waals surface area (Å²) in [7, 11) is 1.77. The Labute approximate surface area is 123 Å². The van der Waals surface area contributed by atoms with E-state index in [1.54, 1.807) is 30.1 Å². The maximum Gasteiger partial charge on any atom is 0.270 e. The monoisotopic (exact) mass is 285 g/mol. The molecule has 0 unspecified atom stereocenters. The van der Waals surface area contributed by atoms with Gasteiger partial charge in [-0.25, -0.2) is 0 Å². The molecule has 21 heavy (non-hydrogen) atoms. The van der Waals surface area contributed by atoms with Gasteiger partial charge in [-0.2, -0.15) is 0 Å². The van der Waals surface area contributed by atoms with Crippen molar-refractivity contribution in [1.82, 2.24) is 9.47 Å². The number of aromatic nitrogens is 1. The van der Waals surface area contributed by atoms with Crippen molar-refractivity contribution >= 4 is 11.6 Å². The molecule has 1 aromatic carbocycles. The van der Waals surface area contributed by atoms with E-state index >= 15 is 0 Å². The van der Waals surface area contributed by atoms with Crippen LogP contribution in [0.25, 0.3) is 0 Å². The maximum atomic E-state index is 12.6. The molecule has 110 valence electrons. The van der Waals surface area contributed by atoms with Gasteiger partial charge in [0.2, 0.25) is 0 Å². The highest BCUT2D eigenvalue weighted by Crippen LogP contribution is 2.37. The Morgan fingerprint density at radius 1 is 1.38 bits per heavy atom. The molecule has 0 spiro atoms. The van der Waals surface area contributed by atoms with Gasteiger partial charge in [0.15, 0.2) is 0 Å². The minimum atomic E-state index is -0.0355. The number of benzene rings is 1. The number of hydrogen-bond donors (Lipinski definition) is 2. The molecule has 1 amide bonds. The average molecular weight is 285 g/mol. The third-order valence-corrected chi connectivity index (χ3v) is 3.73. The molecule has 0 saturated heterocycles. The number of carbonyl (C=O) groups excluding carboxylic acids is 1. The maximum absolute atomic E-state index is 12.6. The van der Waals surface area contributed by atoms with E-state index < -0.39 is 0 Å². The van der Waals surface area contributed by atoms with Crippen LogP contribution >= 0.6 is 0 Å². The zero-order valence-electron chi connectivity index (χ0n) is 12.0. The normalized spacial score (nSPS) is 14.1. The first-order chi connectivity index (χ1) is 10.0. The van der Waals surface area contributed by atoms with E-state index in [4.69, 9.17) is 5.73 Å². The van der Waals surface area contributed by atoms with Crippen molar-refractivity contribution in [3.63, 3.8) is 0 Å². The first kappa shape index (κ1) is 13.5. The number of nitrogens with zero attached hydrogens (tertiary/aromatic N) is 2. The van der Waals surface area contributed by atoms with Gasteiger partial charge in [0.05, 0.1) is 5.69 Å². The molecule has 0 atom stereocenters. The van der Waals surface area contributed by atoms with Crippen LogP contribution in [0.1, 0.15) is 34.9 Å². The van der Waals surface area contributed by atoms with Gasteiger partial charge in [-0.15, -0.1) is 0 Å². The summed E-state index contributed by atoms with van der Waals surface area (Å²) >= 11 is 0. The number of carbonyl (C=O) groups is 1. The summed E-state index contributed by atoms with van der Waals surface area (Å²) in [6.45, 7) is 0.495. The summed E-state index contributed by atoms with van der Waals surface area (Å²) in [6, 6.07) is 9.04. The van der Waals surface area contributed by atoms with Crippen molar-refractivity contribution < 1.29 is 9.90 Å². The van der Waals surface area contributed by atoms with Crippen molar-refractivity contribution in [2.75, 3.05) is 12.8 Å². The summed E-state index contributed by atoms with van der Waals surface area (Å²) in [5, 5.41) is 9.29. The Bertz CT molecular complexity index is 657. The smallest absolute Gasteiger partial charge is 0.270 e. The fraction of sp³-hybridized carbons (Fsp3) is 0.312. The van der Waals surface area contributed by atoms with Gasteiger partial charge in [-0.05, 0) is 36.6 Å². The fourth-order valence-electron chi connectivity index (χ4n) is 2.47. The third kappa shape index (κ3) is 2.86. The standard InChI is InChI=1S/C16H19N3O2/c1-18(9-11-2-6-14(20)7-3-11)16(21)15-8-12(17)10-19(15)13-4-5-13/h2-3,6-8,10,13,20H,4-5,9,17H2,1H3. The number of amides is 1. The second-order valence-corrected chi connectivity index (χ2v) is 5.62. The van der Waals surface area contributed by atoms with E-state index in [-0.39, 0.29) is 11.7 Å². The van der Waals surface area contributed by atoms with E-state index in [0.717, 1.165) is 18.4 Å². The largest absolute Gasteiger partial charge is 0.508 e. The molecule has 1 fully saturated rings. The summed E-state index contributed by atoms with van der Waals surface area (Å²) in [5.41, 5.74) is 8.08. The molecule has 3 N–H and O–H groups in total. The predicted molar refractivity (Wildman–Crippen MR) is 81.0 cm³/mol. The fourth-order valence-corrected chi connectivity index (χ4v) is 2.47. The van der Waals surface area contributed by atoms with Crippen LogP contribution in [0.3, 0.4) is 0 Å². The molecule has 1 aromatic heterocycles. The van der Waals surface area contributed by atoms with E-state index in [1.165, 1.54) is 0 Å². The lowest BCUT2D eigenvalue weighted by atomic mass is 10.2. The highest BCUT2D eigenvalue weighted by molar-refractivity contribution is 5.93. The zero-order valence-corrected chi connectivity index (χ0v) is 12.0. The molecule has 1 heterocycles. The molecule has 1 aliphatic rings. The molecule has 2 aromatic rings. The van der Waals surface area contributed by atoms with Crippen LogP contribution in [0.4, 0.5) is 5.69 Å². The molecular weight excluding hydrogens is 266 g/mol. The van der Waals surface area contributed by atoms with Gasteiger partial charge in [-0.1, -0.05) is 12.1 Å². The van der Waals surface area contributed by atoms with Crippen LogP contribution in [0.15, 0.2) is 36.5 Å². The number of nitrogens with two attached hydrogens (primary N) is 1. The molecule has 0 aliphatic heterocycles. The lowest BCUT2D eigenvalue weighted by Crippen LogP contribution is -2.28. The van der Waals surface area contributed by atoms with Crippen LogP contribution in [-0.2, 0) is 6.54 Å². The van der Waals surface area contributed by atoms with Crippen LogP contribution in [0.5, 0.6) is 5.75 Å². The van der Waals surface area contributed by atoms with Gasteiger partial charge >= 0.3 is 0 Å². The molecule has 1 saturated carbocycles. The van der Waals surface area contributed by atoms with Crippen molar-refractivity contribution in [3.05, 3.63) is 47.8 Å². The molecule has 3 rings (SSSR count). The van der Waals surface area contributed by atoms with Gasteiger partial charge in [0.25, 0.3) is 5.91 Å². The van der Waals surface area contributed by atoms with E-state index in [1.807, 2.05) is 22.9 Å². The van der Waals surface area contributed by atoms with Crippen LogP contribution in [-0.4, -0.2) is 27.5 Å². The summed E-state index contributed by atoms with van der Waals surface area (Å²) < 4.78 is 1.99. The molecular formula is C16H19N3O2. The molecule has 5 heteroatoms. The number of nitrogen functional groups attached to an aromatic ring is 1. The lowest BCUT2D eigenvalue weighted by molar-refractivity contribution is 0.0774. The Balaban J connectivity index is 1.76. The van der Waals surface area contributed by atoms with Crippen LogP contribution < -0.4 is 5.73 Å². The average Bonchev–Trinajstić information content (AvgIpc) is 3.23. The van der Waals surface area contributed by atoms with Gasteiger partial charge in [-0.3, -0.25) is 4.79 Å². The molecule has 5 nitrogen and oxygen atoms in total. The topological polar surface area (TPSA) is 71.5 Å². The van der Waals surface area contributed by atoms with E-state index in [0.29, 0.717) is 24.0 Å². The van der Waals surface area contributed by atoms with Crippen molar-refractivity contribution in [2.45, 2.75) is 25.4 Å². The molecule has 1 aliphatic carbocycles. The zero-order chi connectivity index (χ0) is 15.0. The summed E-state index contributed by atoms with van der Waals surface area (Å²) in [4.78, 5) is 14.2. The number of phenolic OH excluding ortho intramolecular Hbond substituents is 1.